The van der Waals surface area contributed by atoms with Crippen molar-refractivity contribution in [3.05, 3.63) is 12.2 Å². The number of hydrogen-bond acceptors (Lipinski definition) is 12. The van der Waals surface area contributed by atoms with Gasteiger partial charge in [-0.05, 0) is 208 Å². The highest BCUT2D eigenvalue weighted by Crippen LogP contribution is 2.32. The predicted molar refractivity (Wildman–Crippen MR) is 541 cm³/mol. The molecule has 0 aliphatic rings. The van der Waals surface area contributed by atoms with Crippen LogP contribution in [0.4, 0.5) is 0 Å². The van der Waals surface area contributed by atoms with Crippen molar-refractivity contribution in [1.29, 1.82) is 0 Å². The highest BCUT2D eigenvalue weighted by atomic mass is 16.6. The molecule has 0 rings (SSSR count). The van der Waals surface area contributed by atoms with Crippen LogP contribution in [0.1, 0.15) is 584 Å². The van der Waals surface area contributed by atoms with Crippen LogP contribution in [0, 0.1) is 10.8 Å². The van der Waals surface area contributed by atoms with E-state index in [4.69, 9.17) is 18.9 Å². The molecule has 0 aromatic rings. The Balaban J connectivity index is 6.09. The first-order valence-electron chi connectivity index (χ1n) is 55.8. The van der Waals surface area contributed by atoms with Crippen LogP contribution < -0.4 is 10.6 Å². The van der Waals surface area contributed by atoms with Crippen molar-refractivity contribution in [2.24, 2.45) is 10.8 Å². The predicted octanol–water partition coefficient (Wildman–Crippen LogP) is 32.7. The van der Waals surface area contributed by atoms with Gasteiger partial charge in [0.1, 0.15) is 24.4 Å². The maximum absolute atomic E-state index is 13.9. The minimum Gasteiger partial charge on any atom is -0.462 e. The molecule has 0 heterocycles. The Kier molecular flexibility index (Phi) is 89.4. The van der Waals surface area contributed by atoms with Gasteiger partial charge in [-0.3, -0.25) is 28.8 Å². The van der Waals surface area contributed by atoms with Gasteiger partial charge >= 0.3 is 23.9 Å². The second kappa shape index (κ2) is 92.0. The molecule has 0 spiro atoms. The van der Waals surface area contributed by atoms with Gasteiger partial charge in [0.15, 0.2) is 0 Å². The monoisotopic (exact) mass is 1780 g/mol. The van der Waals surface area contributed by atoms with Gasteiger partial charge in [-0.2, -0.15) is 0 Å². The zero-order valence-electron chi connectivity index (χ0n) is 86.3. The lowest BCUT2D eigenvalue weighted by Crippen LogP contribution is -2.36. The van der Waals surface area contributed by atoms with Crippen molar-refractivity contribution in [2.45, 2.75) is 608 Å². The lowest BCUT2D eigenvalue weighted by molar-refractivity contribution is -0.161. The van der Waals surface area contributed by atoms with Crippen molar-refractivity contribution in [1.82, 2.24) is 20.4 Å². The highest BCUT2D eigenvalue weighted by molar-refractivity contribution is 5.96. The molecule has 0 radical (unpaired) electrons. The molecular formula is C112H216N4O10. The van der Waals surface area contributed by atoms with Gasteiger partial charge in [-0.1, -0.05) is 389 Å². The Morgan fingerprint density at radius 2 is 0.413 bits per heavy atom. The third-order valence-corrected chi connectivity index (χ3v) is 26.9. The molecule has 0 aliphatic carbocycles. The lowest BCUT2D eigenvalue weighted by atomic mass is 9.86. The molecular weight excluding hydrogens is 1560 g/mol. The number of carbonyl (C=O) groups excluding carboxylic acids is 6. The van der Waals surface area contributed by atoms with E-state index in [1.54, 1.807) is 0 Å². The number of amides is 2. The molecule has 744 valence electrons. The van der Waals surface area contributed by atoms with Crippen LogP contribution in [0.3, 0.4) is 0 Å². The zero-order valence-corrected chi connectivity index (χ0v) is 86.3. The maximum atomic E-state index is 13.9. The van der Waals surface area contributed by atoms with Gasteiger partial charge < -0.3 is 39.4 Å². The van der Waals surface area contributed by atoms with Crippen molar-refractivity contribution >= 4 is 35.7 Å². The van der Waals surface area contributed by atoms with Crippen LogP contribution in [0.5, 0.6) is 0 Å². The molecule has 0 aliphatic heterocycles. The second-order valence-corrected chi connectivity index (χ2v) is 40.5. The number of carbonyl (C=O) groups is 6. The van der Waals surface area contributed by atoms with E-state index in [0.717, 1.165) is 257 Å². The van der Waals surface area contributed by atoms with Gasteiger partial charge in [0.05, 0.1) is 10.8 Å². The van der Waals surface area contributed by atoms with E-state index in [2.05, 4.69) is 104 Å². The summed E-state index contributed by atoms with van der Waals surface area (Å²) in [5.74, 6) is -0.659. The van der Waals surface area contributed by atoms with E-state index in [9.17, 15) is 28.8 Å². The maximum Gasteiger partial charge on any atom is 0.311 e. The minimum absolute atomic E-state index is 0.0164. The first-order valence-corrected chi connectivity index (χ1v) is 55.8. The van der Waals surface area contributed by atoms with E-state index in [-0.39, 0.29) is 60.1 Å². The number of nitrogens with one attached hydrogen (secondary N) is 2. The molecule has 14 heteroatoms. The second-order valence-electron chi connectivity index (χ2n) is 40.5. The molecule has 0 fully saturated rings. The van der Waals surface area contributed by atoms with Crippen molar-refractivity contribution < 1.29 is 47.7 Å². The standard InChI is InChI=1S/C112H216N4O10/c1-13-21-29-37-47-63-79-101(80-64-48-38-30-22-14-2)123-107(119)87-71-55-45-59-75-95-115(97-77-61-57-73-91-111(9,10)109(121)125-103(83-67-51-41-33-25-17-5)84-68-52-42-34-26-18-6)99-93-113-105(117)89-90-106(118)114-94-100-116(96-76-60-46-56-72-88-108(120)124-102(81-65-49-39-31-23-15-3)82-66-50-40-32-24-16-4)98-78-62-58-74-92-112(11,12)110(122)126-104(85-69-53-43-35-27-19-7)86-70-54-44-36-28-20-8/h89-90,101-104H,13-88,91-100H2,1-12H3,(H,113,117)(H,114,118)/b90-89+. The summed E-state index contributed by atoms with van der Waals surface area (Å²) in [6.07, 6.45) is 91.5. The average molecular weight is 1780 g/mol. The number of hydrogen-bond donors (Lipinski definition) is 2. The molecule has 0 saturated carbocycles. The molecule has 0 unspecified atom stereocenters. The number of rotatable bonds is 100. The number of ether oxygens (including phenoxy) is 4. The summed E-state index contributed by atoms with van der Waals surface area (Å²) in [5.41, 5.74) is -1.05. The molecule has 2 N–H and O–H groups in total. The summed E-state index contributed by atoms with van der Waals surface area (Å²) in [5, 5.41) is 6.19. The molecule has 14 nitrogen and oxygen atoms in total. The first-order chi connectivity index (χ1) is 61.3. The van der Waals surface area contributed by atoms with Crippen LogP contribution in [-0.2, 0) is 47.7 Å². The van der Waals surface area contributed by atoms with E-state index in [1.165, 1.54) is 269 Å². The van der Waals surface area contributed by atoms with Gasteiger partial charge in [-0.25, -0.2) is 0 Å². The third kappa shape index (κ3) is 81.3. The van der Waals surface area contributed by atoms with E-state index < -0.39 is 10.8 Å². The third-order valence-electron chi connectivity index (χ3n) is 26.9. The van der Waals surface area contributed by atoms with Crippen LogP contribution in [0.15, 0.2) is 12.2 Å². The largest absolute Gasteiger partial charge is 0.462 e. The SMILES string of the molecule is CCCCCCCCC(CCCCCCCC)OC(=O)CCCCCCCN(CCCCCCC(C)(C)C(=O)OC(CCCCCCCC)CCCCCCCC)CCNC(=O)/C=C/C(=O)NCCN(CCCCCCCC(=O)OC(CCCCCCCC)CCCCCCCC)CCCCCCC(C)(C)C(=O)OC(CCCCCCCC)CCCCCCCC. The zero-order chi connectivity index (χ0) is 92.4. The summed E-state index contributed by atoms with van der Waals surface area (Å²) in [7, 11) is 0. The highest BCUT2D eigenvalue weighted by Gasteiger charge is 2.33. The average Bonchev–Trinajstić information content (AvgIpc) is 0.875. The molecule has 0 bridgehead atoms. The molecule has 126 heavy (non-hydrogen) atoms. The van der Waals surface area contributed by atoms with Crippen LogP contribution in [0.2, 0.25) is 0 Å². The fraction of sp³-hybridized carbons (Fsp3) is 0.929. The molecule has 0 aromatic heterocycles. The molecule has 2 amide bonds. The van der Waals surface area contributed by atoms with Gasteiger partial charge in [0.2, 0.25) is 11.8 Å². The lowest BCUT2D eigenvalue weighted by Gasteiger charge is -2.27. The van der Waals surface area contributed by atoms with Crippen molar-refractivity contribution in [2.75, 3.05) is 52.4 Å². The summed E-state index contributed by atoms with van der Waals surface area (Å²) >= 11 is 0. The summed E-state index contributed by atoms with van der Waals surface area (Å²) in [4.78, 5) is 86.1. The quantitative estimate of drug-likeness (QED) is 0.0256. The fourth-order valence-corrected chi connectivity index (χ4v) is 18.0. The van der Waals surface area contributed by atoms with Crippen LogP contribution in [-0.4, -0.2) is 122 Å². The van der Waals surface area contributed by atoms with Gasteiger partial charge in [-0.15, -0.1) is 0 Å². The molecule has 0 aromatic carbocycles. The Morgan fingerprint density at radius 3 is 0.635 bits per heavy atom. The fourth-order valence-electron chi connectivity index (χ4n) is 18.0. The summed E-state index contributed by atoms with van der Waals surface area (Å²) in [6.45, 7) is 32.5. The molecule has 0 atom stereocenters. The van der Waals surface area contributed by atoms with Gasteiger partial charge in [0, 0.05) is 51.2 Å². The minimum atomic E-state index is -0.526. The van der Waals surface area contributed by atoms with Crippen LogP contribution >= 0.6 is 0 Å². The number of esters is 4. The first kappa shape index (κ1) is 122. The Hall–Kier alpha value is -3.52. The van der Waals surface area contributed by atoms with E-state index in [0.29, 0.717) is 39.0 Å². The summed E-state index contributed by atoms with van der Waals surface area (Å²) in [6, 6.07) is 0. The topological polar surface area (TPSA) is 170 Å². The number of unbranched alkanes of at least 4 members (excludes halogenated alkanes) is 54. The Labute approximate surface area is 783 Å². The summed E-state index contributed by atoms with van der Waals surface area (Å²) < 4.78 is 25.2. The van der Waals surface area contributed by atoms with E-state index >= 15 is 0 Å². The van der Waals surface area contributed by atoms with Crippen molar-refractivity contribution in [3.8, 4) is 0 Å². The van der Waals surface area contributed by atoms with Crippen molar-refractivity contribution in [3.63, 3.8) is 0 Å². The van der Waals surface area contributed by atoms with E-state index in [1.807, 2.05) is 0 Å². The Morgan fingerprint density at radius 1 is 0.230 bits per heavy atom. The number of nitrogens with zero attached hydrogens (tertiary/aromatic N) is 2. The van der Waals surface area contributed by atoms with Gasteiger partial charge in [0.25, 0.3) is 0 Å². The Bertz CT molecular complexity index is 2210. The smallest absolute Gasteiger partial charge is 0.311 e. The normalized spacial score (nSPS) is 12.1. The van der Waals surface area contributed by atoms with Crippen LogP contribution in [0.25, 0.3) is 0 Å². The molecule has 0 saturated heterocycles.